The minimum atomic E-state index is 0.140. The third-order valence-electron chi connectivity index (χ3n) is 4.42. The first-order valence-electron chi connectivity index (χ1n) is 7.92. The van der Waals surface area contributed by atoms with Crippen LogP contribution in [0.4, 0.5) is 0 Å². The lowest BCUT2D eigenvalue weighted by molar-refractivity contribution is -0.131. The maximum Gasteiger partial charge on any atom is 0.227 e. The van der Waals surface area contributed by atoms with Crippen LogP contribution in [0.3, 0.4) is 0 Å². The fourth-order valence-corrected chi connectivity index (χ4v) is 3.20. The van der Waals surface area contributed by atoms with Crippen LogP contribution in [0.15, 0.2) is 30.6 Å². The molecule has 23 heavy (non-hydrogen) atoms. The van der Waals surface area contributed by atoms with Gasteiger partial charge in [0.25, 0.3) is 0 Å². The van der Waals surface area contributed by atoms with Crippen molar-refractivity contribution in [3.05, 3.63) is 42.0 Å². The first-order valence-corrected chi connectivity index (χ1v) is 7.92. The fraction of sp³-hybridized carbons (Fsp3) is 0.471. The van der Waals surface area contributed by atoms with Crippen molar-refractivity contribution in [1.29, 1.82) is 0 Å². The minimum Gasteiger partial charge on any atom is -0.496 e. The van der Waals surface area contributed by atoms with E-state index in [1.54, 1.807) is 13.4 Å². The molecule has 1 saturated heterocycles. The molecule has 0 radical (unpaired) electrons. The number of carbonyl (C=O) groups excluding carboxylic acids is 1. The molecule has 6 nitrogen and oxygen atoms in total. The molecule has 1 fully saturated rings. The molecule has 1 aliphatic heterocycles. The van der Waals surface area contributed by atoms with Crippen molar-refractivity contribution < 1.29 is 9.53 Å². The standard InChI is InChI=1S/C17H22N4O2/c1-20-12-18-19-17(20)14-7-5-9-21(11-14)16(22)10-13-6-3-4-8-15(13)23-2/h3-4,6,8,12,14H,5,7,9-11H2,1-2H3/t14-/m0/s1. The molecule has 1 amide bonds. The highest BCUT2D eigenvalue weighted by molar-refractivity contribution is 5.79. The van der Waals surface area contributed by atoms with Gasteiger partial charge in [-0.15, -0.1) is 10.2 Å². The van der Waals surface area contributed by atoms with Gasteiger partial charge in [0, 0.05) is 31.6 Å². The summed E-state index contributed by atoms with van der Waals surface area (Å²) in [5, 5.41) is 8.15. The van der Waals surface area contributed by atoms with E-state index in [2.05, 4.69) is 10.2 Å². The highest BCUT2D eigenvalue weighted by atomic mass is 16.5. The largest absolute Gasteiger partial charge is 0.496 e. The van der Waals surface area contributed by atoms with E-state index in [4.69, 9.17) is 4.74 Å². The molecule has 1 aromatic heterocycles. The molecule has 1 aliphatic rings. The number of aromatic nitrogens is 3. The van der Waals surface area contributed by atoms with Crippen LogP contribution in [0.25, 0.3) is 0 Å². The number of likely N-dealkylation sites (tertiary alicyclic amines) is 1. The average molecular weight is 314 g/mol. The molecule has 3 rings (SSSR count). The van der Waals surface area contributed by atoms with Crippen molar-refractivity contribution in [2.24, 2.45) is 7.05 Å². The molecule has 0 aliphatic carbocycles. The summed E-state index contributed by atoms with van der Waals surface area (Å²) in [5.74, 6) is 2.13. The van der Waals surface area contributed by atoms with Gasteiger partial charge in [-0.2, -0.15) is 0 Å². The molecular weight excluding hydrogens is 292 g/mol. The molecule has 122 valence electrons. The van der Waals surface area contributed by atoms with Crippen LogP contribution in [0.1, 0.15) is 30.1 Å². The third kappa shape index (κ3) is 3.36. The molecule has 1 aromatic carbocycles. The molecule has 0 bridgehead atoms. The molecule has 2 aromatic rings. The van der Waals surface area contributed by atoms with E-state index in [0.717, 1.165) is 36.5 Å². The van der Waals surface area contributed by atoms with Gasteiger partial charge in [-0.05, 0) is 18.9 Å². The van der Waals surface area contributed by atoms with Crippen molar-refractivity contribution in [3.8, 4) is 5.75 Å². The Balaban J connectivity index is 1.69. The fourth-order valence-electron chi connectivity index (χ4n) is 3.20. The number of carbonyl (C=O) groups is 1. The molecule has 2 heterocycles. The molecule has 1 atom stereocenters. The van der Waals surface area contributed by atoms with Gasteiger partial charge in [0.2, 0.25) is 5.91 Å². The van der Waals surface area contributed by atoms with Crippen LogP contribution in [-0.4, -0.2) is 45.8 Å². The quantitative estimate of drug-likeness (QED) is 0.863. The number of amides is 1. The van der Waals surface area contributed by atoms with E-state index in [0.29, 0.717) is 13.0 Å². The Bertz CT molecular complexity index is 683. The smallest absolute Gasteiger partial charge is 0.227 e. The number of rotatable bonds is 4. The van der Waals surface area contributed by atoms with Crippen LogP contribution >= 0.6 is 0 Å². The van der Waals surface area contributed by atoms with Crippen LogP contribution in [0, 0.1) is 0 Å². The van der Waals surface area contributed by atoms with Crippen LogP contribution < -0.4 is 4.74 Å². The van der Waals surface area contributed by atoms with Crippen molar-refractivity contribution in [3.63, 3.8) is 0 Å². The molecule has 0 N–H and O–H groups in total. The lowest BCUT2D eigenvalue weighted by Gasteiger charge is -2.32. The van der Waals surface area contributed by atoms with Gasteiger partial charge < -0.3 is 14.2 Å². The summed E-state index contributed by atoms with van der Waals surface area (Å²) >= 11 is 0. The molecule has 0 saturated carbocycles. The first-order chi connectivity index (χ1) is 11.2. The summed E-state index contributed by atoms with van der Waals surface area (Å²) < 4.78 is 7.28. The summed E-state index contributed by atoms with van der Waals surface area (Å²) in [5.41, 5.74) is 0.931. The Morgan fingerprint density at radius 2 is 2.22 bits per heavy atom. The number of aryl methyl sites for hydroxylation is 1. The summed E-state index contributed by atoms with van der Waals surface area (Å²) in [6.45, 7) is 1.52. The predicted octanol–water partition coefficient (Wildman–Crippen LogP) is 1.77. The van der Waals surface area contributed by atoms with Gasteiger partial charge in [0.15, 0.2) is 0 Å². The van der Waals surface area contributed by atoms with E-state index in [1.807, 2.05) is 40.8 Å². The van der Waals surface area contributed by atoms with Gasteiger partial charge in [-0.3, -0.25) is 4.79 Å². The number of piperidine rings is 1. The molecule has 0 spiro atoms. The average Bonchev–Trinajstić information content (AvgIpc) is 3.01. The Morgan fingerprint density at radius 1 is 1.39 bits per heavy atom. The Kier molecular flexibility index (Phi) is 4.60. The van der Waals surface area contributed by atoms with Crippen LogP contribution in [-0.2, 0) is 18.3 Å². The molecular formula is C17H22N4O2. The van der Waals surface area contributed by atoms with Crippen molar-refractivity contribution in [2.75, 3.05) is 20.2 Å². The number of benzene rings is 1. The number of para-hydroxylation sites is 1. The number of methoxy groups -OCH3 is 1. The monoisotopic (exact) mass is 314 g/mol. The van der Waals surface area contributed by atoms with E-state index in [9.17, 15) is 4.79 Å². The van der Waals surface area contributed by atoms with E-state index in [1.165, 1.54) is 0 Å². The Labute approximate surface area is 136 Å². The van der Waals surface area contributed by atoms with Gasteiger partial charge in [0.05, 0.1) is 13.5 Å². The van der Waals surface area contributed by atoms with E-state index < -0.39 is 0 Å². The topological polar surface area (TPSA) is 60.2 Å². The number of nitrogens with zero attached hydrogens (tertiary/aromatic N) is 4. The summed E-state index contributed by atoms with van der Waals surface area (Å²) in [4.78, 5) is 14.6. The van der Waals surface area contributed by atoms with Gasteiger partial charge in [-0.25, -0.2) is 0 Å². The normalized spacial score (nSPS) is 18.0. The van der Waals surface area contributed by atoms with Crippen molar-refractivity contribution in [2.45, 2.75) is 25.2 Å². The second-order valence-electron chi connectivity index (χ2n) is 5.97. The predicted molar refractivity (Wildman–Crippen MR) is 86.3 cm³/mol. The Hall–Kier alpha value is -2.37. The van der Waals surface area contributed by atoms with Crippen LogP contribution in [0.5, 0.6) is 5.75 Å². The minimum absolute atomic E-state index is 0.140. The first kappa shape index (κ1) is 15.5. The van der Waals surface area contributed by atoms with E-state index in [-0.39, 0.29) is 11.8 Å². The SMILES string of the molecule is COc1ccccc1CC(=O)N1CCC[C@H](c2nncn2C)C1. The maximum atomic E-state index is 12.7. The van der Waals surface area contributed by atoms with E-state index >= 15 is 0 Å². The summed E-state index contributed by atoms with van der Waals surface area (Å²) in [7, 11) is 3.58. The second kappa shape index (κ2) is 6.81. The zero-order valence-electron chi connectivity index (χ0n) is 13.6. The lowest BCUT2D eigenvalue weighted by Crippen LogP contribution is -2.40. The summed E-state index contributed by atoms with van der Waals surface area (Å²) in [6.07, 6.45) is 4.13. The number of ether oxygens (including phenoxy) is 1. The Morgan fingerprint density at radius 3 is 2.96 bits per heavy atom. The lowest BCUT2D eigenvalue weighted by atomic mass is 9.96. The highest BCUT2D eigenvalue weighted by Gasteiger charge is 2.27. The van der Waals surface area contributed by atoms with Gasteiger partial charge in [0.1, 0.15) is 17.9 Å². The summed E-state index contributed by atoms with van der Waals surface area (Å²) in [6, 6.07) is 7.68. The maximum absolute atomic E-state index is 12.7. The highest BCUT2D eigenvalue weighted by Crippen LogP contribution is 2.26. The number of hydrogen-bond acceptors (Lipinski definition) is 4. The van der Waals surface area contributed by atoms with Gasteiger partial charge in [-0.1, -0.05) is 18.2 Å². The van der Waals surface area contributed by atoms with Gasteiger partial charge >= 0.3 is 0 Å². The zero-order valence-corrected chi connectivity index (χ0v) is 13.6. The van der Waals surface area contributed by atoms with Crippen molar-refractivity contribution >= 4 is 5.91 Å². The number of hydrogen-bond donors (Lipinski definition) is 0. The second-order valence-corrected chi connectivity index (χ2v) is 5.97. The molecule has 0 unspecified atom stereocenters. The zero-order chi connectivity index (χ0) is 16.2. The van der Waals surface area contributed by atoms with Crippen LogP contribution in [0.2, 0.25) is 0 Å². The molecule has 6 heteroatoms. The van der Waals surface area contributed by atoms with Crippen molar-refractivity contribution in [1.82, 2.24) is 19.7 Å². The third-order valence-corrected chi connectivity index (χ3v) is 4.42.